The highest BCUT2D eigenvalue weighted by Gasteiger charge is 2.27. The van der Waals surface area contributed by atoms with Gasteiger partial charge in [-0.15, -0.1) is 0 Å². The van der Waals surface area contributed by atoms with Crippen molar-refractivity contribution in [2.75, 3.05) is 13.1 Å². The first-order valence-corrected chi connectivity index (χ1v) is 10.2. The zero-order valence-corrected chi connectivity index (χ0v) is 17.2. The first-order valence-electron chi connectivity index (χ1n) is 9.83. The molecule has 6 nitrogen and oxygen atoms in total. The van der Waals surface area contributed by atoms with E-state index >= 15 is 0 Å². The van der Waals surface area contributed by atoms with E-state index in [4.69, 9.17) is 11.6 Å². The van der Waals surface area contributed by atoms with Gasteiger partial charge in [-0.05, 0) is 43.5 Å². The number of fused-ring (bicyclic) bond motifs is 1. The van der Waals surface area contributed by atoms with Gasteiger partial charge in [-0.2, -0.15) is 5.10 Å². The van der Waals surface area contributed by atoms with E-state index in [1.165, 1.54) is 10.7 Å². The van der Waals surface area contributed by atoms with E-state index in [0.29, 0.717) is 29.1 Å². The van der Waals surface area contributed by atoms with Gasteiger partial charge in [-0.3, -0.25) is 9.59 Å². The zero-order valence-electron chi connectivity index (χ0n) is 16.4. The van der Waals surface area contributed by atoms with E-state index in [-0.39, 0.29) is 30.6 Å². The third kappa shape index (κ3) is 4.29. The number of halogens is 3. The minimum Gasteiger partial charge on any atom is -0.350 e. The Morgan fingerprint density at radius 3 is 2.48 bits per heavy atom. The smallest absolute Gasteiger partial charge is 0.272 e. The Morgan fingerprint density at radius 2 is 1.74 bits per heavy atom. The highest BCUT2D eigenvalue weighted by molar-refractivity contribution is 6.33. The summed E-state index contributed by atoms with van der Waals surface area (Å²) in [6.45, 7) is 0.406. The Balaban J connectivity index is 1.42. The van der Waals surface area contributed by atoms with Crippen molar-refractivity contribution in [1.82, 2.24) is 20.4 Å². The summed E-state index contributed by atoms with van der Waals surface area (Å²) in [4.78, 5) is 24.8. The summed E-state index contributed by atoms with van der Waals surface area (Å²) in [5.41, 5.74) is 2.61. The monoisotopic (exact) mass is 444 g/mol. The maximum atomic E-state index is 13.7. The number of nitrogens with one attached hydrogen (secondary N) is 2. The lowest BCUT2D eigenvalue weighted by molar-refractivity contribution is 0.0924. The van der Waals surface area contributed by atoms with Crippen molar-refractivity contribution >= 4 is 23.4 Å². The molecular weight excluding hydrogens is 426 g/mol. The summed E-state index contributed by atoms with van der Waals surface area (Å²) in [7, 11) is 0. The highest BCUT2D eigenvalue weighted by atomic mass is 35.5. The topological polar surface area (TPSA) is 76.0 Å². The van der Waals surface area contributed by atoms with E-state index in [0.717, 1.165) is 29.8 Å². The molecule has 9 heteroatoms. The molecule has 0 bridgehead atoms. The van der Waals surface area contributed by atoms with Gasteiger partial charge < -0.3 is 10.6 Å². The zero-order chi connectivity index (χ0) is 22.0. The number of benzene rings is 2. The molecule has 0 spiro atoms. The Kier molecular flexibility index (Phi) is 5.99. The molecule has 0 saturated carbocycles. The number of carbonyl (C=O) groups excluding carboxylic acids is 2. The van der Waals surface area contributed by atoms with Gasteiger partial charge in [-0.1, -0.05) is 23.7 Å². The van der Waals surface area contributed by atoms with Crippen LogP contribution in [-0.4, -0.2) is 34.7 Å². The maximum absolute atomic E-state index is 13.7. The fourth-order valence-electron chi connectivity index (χ4n) is 3.63. The van der Waals surface area contributed by atoms with Crippen molar-refractivity contribution in [3.63, 3.8) is 0 Å². The largest absolute Gasteiger partial charge is 0.350 e. The van der Waals surface area contributed by atoms with Crippen molar-refractivity contribution in [2.24, 2.45) is 0 Å². The fraction of sp³-hybridized carbons (Fsp3) is 0.227. The van der Waals surface area contributed by atoms with E-state index in [1.54, 1.807) is 24.3 Å². The molecule has 0 radical (unpaired) electrons. The van der Waals surface area contributed by atoms with Crippen molar-refractivity contribution in [3.05, 3.63) is 81.6 Å². The number of nitrogens with zero attached hydrogens (tertiary/aromatic N) is 2. The van der Waals surface area contributed by atoms with E-state index in [1.807, 2.05) is 0 Å². The molecule has 0 saturated heterocycles. The Labute approximate surface area is 182 Å². The third-order valence-corrected chi connectivity index (χ3v) is 5.44. The van der Waals surface area contributed by atoms with Crippen molar-refractivity contribution in [3.8, 4) is 5.69 Å². The van der Waals surface area contributed by atoms with Crippen LogP contribution in [0.25, 0.3) is 5.69 Å². The molecule has 0 unspecified atom stereocenters. The second-order valence-electron chi connectivity index (χ2n) is 7.13. The lowest BCUT2D eigenvalue weighted by Crippen LogP contribution is -2.35. The number of aromatic nitrogens is 2. The molecule has 160 valence electrons. The van der Waals surface area contributed by atoms with Crippen LogP contribution in [0.3, 0.4) is 0 Å². The number of rotatable bonds is 6. The molecule has 3 aromatic rings. The summed E-state index contributed by atoms with van der Waals surface area (Å²) in [5.74, 6) is -2.63. The summed E-state index contributed by atoms with van der Waals surface area (Å²) in [6.07, 6.45) is 2.23. The molecule has 2 amide bonds. The molecule has 2 N–H and O–H groups in total. The van der Waals surface area contributed by atoms with E-state index in [2.05, 4.69) is 15.7 Å². The molecule has 1 heterocycles. The Morgan fingerprint density at radius 1 is 1.00 bits per heavy atom. The van der Waals surface area contributed by atoms with Crippen LogP contribution < -0.4 is 10.6 Å². The van der Waals surface area contributed by atoms with Crippen LogP contribution >= 0.6 is 11.6 Å². The van der Waals surface area contributed by atoms with Gasteiger partial charge in [0.25, 0.3) is 11.8 Å². The van der Waals surface area contributed by atoms with Gasteiger partial charge in [0.05, 0.1) is 16.3 Å². The molecule has 0 atom stereocenters. The van der Waals surface area contributed by atoms with E-state index < -0.39 is 11.6 Å². The molecule has 1 aromatic heterocycles. The minimum atomic E-state index is -0.972. The summed E-state index contributed by atoms with van der Waals surface area (Å²) >= 11 is 6.00. The van der Waals surface area contributed by atoms with Gasteiger partial charge in [0.1, 0.15) is 0 Å². The molecule has 1 aliphatic carbocycles. The van der Waals surface area contributed by atoms with Crippen LogP contribution in [-0.2, 0) is 12.8 Å². The predicted molar refractivity (Wildman–Crippen MR) is 112 cm³/mol. The summed E-state index contributed by atoms with van der Waals surface area (Å²) in [5, 5.41) is 10.1. The van der Waals surface area contributed by atoms with Gasteiger partial charge in [-0.25, -0.2) is 13.5 Å². The Hall–Kier alpha value is -3.26. The minimum absolute atomic E-state index is 0.196. The van der Waals surface area contributed by atoms with Gasteiger partial charge in [0, 0.05) is 30.4 Å². The molecule has 31 heavy (non-hydrogen) atoms. The lowest BCUT2D eigenvalue weighted by atomic mass is 10.2. The van der Waals surface area contributed by atoms with Crippen LogP contribution in [0, 0.1) is 11.6 Å². The van der Waals surface area contributed by atoms with Crippen LogP contribution in [0.4, 0.5) is 8.78 Å². The number of hydrogen-bond acceptors (Lipinski definition) is 3. The highest BCUT2D eigenvalue weighted by Crippen LogP contribution is 2.28. The van der Waals surface area contributed by atoms with Crippen molar-refractivity contribution < 1.29 is 18.4 Å². The molecule has 2 aromatic carbocycles. The maximum Gasteiger partial charge on any atom is 0.272 e. The van der Waals surface area contributed by atoms with Gasteiger partial charge in [0.15, 0.2) is 17.3 Å². The first kappa shape index (κ1) is 21.0. The summed E-state index contributed by atoms with van der Waals surface area (Å²) in [6, 6.07) is 10.2. The van der Waals surface area contributed by atoms with Gasteiger partial charge in [0.2, 0.25) is 0 Å². The van der Waals surface area contributed by atoms with Crippen LogP contribution in [0.1, 0.15) is 38.5 Å². The molecule has 0 aliphatic heterocycles. The quantitative estimate of drug-likeness (QED) is 0.572. The predicted octanol–water partition coefficient (Wildman–Crippen LogP) is 3.45. The normalized spacial score (nSPS) is 12.5. The van der Waals surface area contributed by atoms with Crippen LogP contribution in [0.15, 0.2) is 42.5 Å². The SMILES string of the molecule is O=C(NCCNC(=O)c1nn(-c2ccc(F)c(F)c2)c2c1CCC2)c1ccccc1Cl. The average molecular weight is 445 g/mol. The van der Waals surface area contributed by atoms with Gasteiger partial charge >= 0.3 is 0 Å². The second-order valence-corrected chi connectivity index (χ2v) is 7.54. The van der Waals surface area contributed by atoms with Crippen molar-refractivity contribution in [1.29, 1.82) is 0 Å². The molecular formula is C22H19ClF2N4O2. The number of hydrogen-bond donors (Lipinski definition) is 2. The number of carbonyl (C=O) groups is 2. The van der Waals surface area contributed by atoms with Crippen LogP contribution in [0.2, 0.25) is 5.02 Å². The molecule has 4 rings (SSSR count). The first-order chi connectivity index (χ1) is 15.0. The van der Waals surface area contributed by atoms with Crippen molar-refractivity contribution in [2.45, 2.75) is 19.3 Å². The lowest BCUT2D eigenvalue weighted by Gasteiger charge is -2.08. The Bertz CT molecular complexity index is 1160. The number of amides is 2. The second kappa shape index (κ2) is 8.85. The third-order valence-electron chi connectivity index (χ3n) is 5.11. The molecule has 1 aliphatic rings. The average Bonchev–Trinajstić information content (AvgIpc) is 3.36. The van der Waals surface area contributed by atoms with E-state index in [9.17, 15) is 18.4 Å². The standard InChI is InChI=1S/C22H19ClF2N4O2/c23-16-6-2-1-4-14(16)21(30)26-10-11-27-22(31)20-15-5-3-7-19(15)29(28-20)13-8-9-17(24)18(25)12-13/h1-2,4,6,8-9,12H,3,5,7,10-11H2,(H,26,30)(H,27,31). The fourth-order valence-corrected chi connectivity index (χ4v) is 3.85. The summed E-state index contributed by atoms with van der Waals surface area (Å²) < 4.78 is 28.4. The molecule has 0 fully saturated rings. The van der Waals surface area contributed by atoms with Crippen LogP contribution in [0.5, 0.6) is 0 Å².